The highest BCUT2D eigenvalue weighted by Gasteiger charge is 2.37. The van der Waals surface area contributed by atoms with E-state index in [2.05, 4.69) is 4.98 Å². The molecule has 0 radical (unpaired) electrons. The SMILES string of the molecule is CCCCS(=O)(=O)N1CCCC1c1nc2cc(-c3ccccc3F)ccc2o1. The zero-order valence-electron chi connectivity index (χ0n) is 15.8. The van der Waals surface area contributed by atoms with Crippen molar-refractivity contribution in [3.8, 4) is 11.1 Å². The molecule has 0 N–H and O–H groups in total. The molecule has 28 heavy (non-hydrogen) atoms. The summed E-state index contributed by atoms with van der Waals surface area (Å²) in [6.07, 6.45) is 2.96. The standard InChI is InChI=1S/C21H23FN2O3S/c1-2-3-13-28(25,26)24-12-6-9-19(24)21-23-18-14-15(10-11-20(18)27-21)16-7-4-5-8-17(16)22/h4-5,7-8,10-11,14,19H,2-3,6,9,12-13H2,1H3. The molecule has 1 saturated heterocycles. The Morgan fingerprint density at radius 1 is 1.25 bits per heavy atom. The Morgan fingerprint density at radius 2 is 2.07 bits per heavy atom. The van der Waals surface area contributed by atoms with Crippen LogP contribution in [0.4, 0.5) is 4.39 Å². The number of fused-ring (bicyclic) bond motifs is 1. The third-order valence-electron chi connectivity index (χ3n) is 5.19. The summed E-state index contributed by atoms with van der Waals surface area (Å²) in [5, 5.41) is 0. The molecule has 0 saturated carbocycles. The number of aromatic nitrogens is 1. The molecule has 0 spiro atoms. The van der Waals surface area contributed by atoms with Crippen LogP contribution >= 0.6 is 0 Å². The predicted octanol–water partition coefficient (Wildman–Crippen LogP) is 4.90. The highest BCUT2D eigenvalue weighted by molar-refractivity contribution is 7.89. The molecular formula is C21H23FN2O3S. The average Bonchev–Trinajstić information content (AvgIpc) is 3.33. The zero-order valence-corrected chi connectivity index (χ0v) is 16.6. The minimum atomic E-state index is -3.33. The monoisotopic (exact) mass is 402 g/mol. The fourth-order valence-electron chi connectivity index (χ4n) is 3.71. The lowest BCUT2D eigenvalue weighted by Gasteiger charge is -2.21. The number of sulfonamides is 1. The first-order valence-corrected chi connectivity index (χ1v) is 11.3. The Balaban J connectivity index is 1.67. The van der Waals surface area contributed by atoms with Gasteiger partial charge in [-0.25, -0.2) is 17.8 Å². The first-order chi connectivity index (χ1) is 13.5. The molecule has 4 rings (SSSR count). The Kier molecular flexibility index (Phi) is 5.21. The molecule has 1 unspecified atom stereocenters. The molecule has 1 aliphatic rings. The van der Waals surface area contributed by atoms with Crippen LogP contribution in [0, 0.1) is 5.82 Å². The maximum Gasteiger partial charge on any atom is 0.214 e. The second-order valence-corrected chi connectivity index (χ2v) is 9.19. The Morgan fingerprint density at radius 3 is 2.86 bits per heavy atom. The molecule has 7 heteroatoms. The molecule has 0 bridgehead atoms. The van der Waals surface area contributed by atoms with E-state index in [4.69, 9.17) is 4.42 Å². The highest BCUT2D eigenvalue weighted by atomic mass is 32.2. The van der Waals surface area contributed by atoms with Crippen LogP contribution in [0.5, 0.6) is 0 Å². The molecule has 2 heterocycles. The number of halogens is 1. The zero-order chi connectivity index (χ0) is 19.7. The number of hydrogen-bond acceptors (Lipinski definition) is 4. The normalized spacial score (nSPS) is 18.1. The maximum absolute atomic E-state index is 14.1. The van der Waals surface area contributed by atoms with Gasteiger partial charge in [0.15, 0.2) is 5.58 Å². The number of unbranched alkanes of at least 4 members (excludes halogenated alkanes) is 1. The second kappa shape index (κ2) is 7.64. The molecule has 1 aromatic heterocycles. The number of benzene rings is 2. The van der Waals surface area contributed by atoms with Gasteiger partial charge in [0.05, 0.1) is 5.75 Å². The van der Waals surface area contributed by atoms with Gasteiger partial charge in [-0.05, 0) is 43.0 Å². The molecule has 1 atom stereocenters. The van der Waals surface area contributed by atoms with E-state index in [0.717, 1.165) is 12.8 Å². The van der Waals surface area contributed by atoms with E-state index in [1.807, 2.05) is 6.92 Å². The quantitative estimate of drug-likeness (QED) is 0.588. The number of oxazole rings is 1. The third kappa shape index (κ3) is 3.56. The number of rotatable bonds is 6. The molecule has 3 aromatic rings. The van der Waals surface area contributed by atoms with Gasteiger partial charge >= 0.3 is 0 Å². The van der Waals surface area contributed by atoms with E-state index < -0.39 is 10.0 Å². The van der Waals surface area contributed by atoms with Gasteiger partial charge < -0.3 is 4.42 Å². The van der Waals surface area contributed by atoms with Crippen molar-refractivity contribution in [1.82, 2.24) is 9.29 Å². The molecule has 1 fully saturated rings. The van der Waals surface area contributed by atoms with Crippen LogP contribution in [0.25, 0.3) is 22.2 Å². The van der Waals surface area contributed by atoms with E-state index >= 15 is 0 Å². The topological polar surface area (TPSA) is 63.4 Å². The summed E-state index contributed by atoms with van der Waals surface area (Å²) in [5.74, 6) is 0.269. The molecular weight excluding hydrogens is 379 g/mol. The Labute approximate surface area is 164 Å². The smallest absolute Gasteiger partial charge is 0.214 e. The van der Waals surface area contributed by atoms with Crippen LogP contribution in [0.15, 0.2) is 46.9 Å². The number of nitrogens with zero attached hydrogens (tertiary/aromatic N) is 2. The first-order valence-electron chi connectivity index (χ1n) is 9.64. The Hall–Kier alpha value is -2.25. The van der Waals surface area contributed by atoms with Crippen LogP contribution < -0.4 is 0 Å². The van der Waals surface area contributed by atoms with Crippen LogP contribution in [0.1, 0.15) is 44.5 Å². The van der Waals surface area contributed by atoms with Gasteiger partial charge in [0.25, 0.3) is 0 Å². The van der Waals surface area contributed by atoms with Gasteiger partial charge in [-0.2, -0.15) is 4.31 Å². The van der Waals surface area contributed by atoms with Crippen molar-refractivity contribution in [3.05, 3.63) is 54.2 Å². The fraction of sp³-hybridized carbons (Fsp3) is 0.381. The van der Waals surface area contributed by atoms with Gasteiger partial charge in [-0.15, -0.1) is 0 Å². The average molecular weight is 402 g/mol. The van der Waals surface area contributed by atoms with E-state index in [9.17, 15) is 12.8 Å². The summed E-state index contributed by atoms with van der Waals surface area (Å²) in [4.78, 5) is 4.56. The summed E-state index contributed by atoms with van der Waals surface area (Å²) in [6.45, 7) is 2.47. The lowest BCUT2D eigenvalue weighted by atomic mass is 10.0. The Bertz CT molecular complexity index is 1090. The highest BCUT2D eigenvalue weighted by Crippen LogP contribution is 2.36. The van der Waals surface area contributed by atoms with E-state index in [-0.39, 0.29) is 17.6 Å². The minimum Gasteiger partial charge on any atom is -0.439 e. The van der Waals surface area contributed by atoms with Crippen molar-refractivity contribution in [2.24, 2.45) is 0 Å². The van der Waals surface area contributed by atoms with Gasteiger partial charge in [0, 0.05) is 12.1 Å². The summed E-state index contributed by atoms with van der Waals surface area (Å²) in [6, 6.07) is 11.5. The van der Waals surface area contributed by atoms with Crippen molar-refractivity contribution in [2.45, 2.75) is 38.6 Å². The second-order valence-electron chi connectivity index (χ2n) is 7.15. The lowest BCUT2D eigenvalue weighted by Crippen LogP contribution is -2.32. The van der Waals surface area contributed by atoms with E-state index in [1.165, 1.54) is 10.4 Å². The van der Waals surface area contributed by atoms with Crippen LogP contribution in [0.2, 0.25) is 0 Å². The predicted molar refractivity (Wildman–Crippen MR) is 107 cm³/mol. The van der Waals surface area contributed by atoms with Crippen LogP contribution in [-0.2, 0) is 10.0 Å². The van der Waals surface area contributed by atoms with Crippen molar-refractivity contribution >= 4 is 21.1 Å². The first kappa shape index (κ1) is 19.1. The molecule has 148 valence electrons. The number of hydrogen-bond donors (Lipinski definition) is 0. The summed E-state index contributed by atoms with van der Waals surface area (Å²) in [7, 11) is -3.33. The van der Waals surface area contributed by atoms with Crippen molar-refractivity contribution in [2.75, 3.05) is 12.3 Å². The molecule has 2 aromatic carbocycles. The minimum absolute atomic E-state index is 0.150. The molecule has 5 nitrogen and oxygen atoms in total. The fourth-order valence-corrected chi connectivity index (χ4v) is 5.59. The third-order valence-corrected chi connectivity index (χ3v) is 7.15. The van der Waals surface area contributed by atoms with Crippen molar-refractivity contribution in [1.29, 1.82) is 0 Å². The van der Waals surface area contributed by atoms with Gasteiger partial charge in [-0.1, -0.05) is 37.6 Å². The summed E-state index contributed by atoms with van der Waals surface area (Å²) < 4.78 is 46.9. The van der Waals surface area contributed by atoms with Gasteiger partial charge in [0.1, 0.15) is 17.4 Å². The van der Waals surface area contributed by atoms with E-state index in [1.54, 1.807) is 36.4 Å². The largest absolute Gasteiger partial charge is 0.439 e. The summed E-state index contributed by atoms with van der Waals surface area (Å²) in [5.41, 5.74) is 2.39. The van der Waals surface area contributed by atoms with Gasteiger partial charge in [-0.3, -0.25) is 0 Å². The van der Waals surface area contributed by atoms with Crippen molar-refractivity contribution < 1.29 is 17.2 Å². The van der Waals surface area contributed by atoms with Gasteiger partial charge in [0.2, 0.25) is 15.9 Å². The van der Waals surface area contributed by atoms with Crippen LogP contribution in [-0.4, -0.2) is 30.0 Å². The molecule has 1 aliphatic heterocycles. The lowest BCUT2D eigenvalue weighted by molar-refractivity contribution is 0.337. The van der Waals surface area contributed by atoms with Crippen molar-refractivity contribution in [3.63, 3.8) is 0 Å². The molecule has 0 aliphatic carbocycles. The van der Waals surface area contributed by atoms with E-state index in [0.29, 0.717) is 47.5 Å². The maximum atomic E-state index is 14.1. The summed E-state index contributed by atoms with van der Waals surface area (Å²) >= 11 is 0. The molecule has 0 amide bonds. The van der Waals surface area contributed by atoms with Crippen LogP contribution in [0.3, 0.4) is 0 Å².